The molecule has 5 unspecified atom stereocenters. The Morgan fingerprint density at radius 3 is 2.60 bits per heavy atom. The molecule has 4 fully saturated rings. The van der Waals surface area contributed by atoms with Crippen LogP contribution in [0.1, 0.15) is 75.2 Å². The molecule has 4 saturated carbocycles. The number of cyclic esters (lactones) is 1. The Morgan fingerprint density at radius 2 is 1.83 bits per heavy atom. The molecule has 5 aliphatic rings. The van der Waals surface area contributed by atoms with Crippen LogP contribution in [0, 0.1) is 28.6 Å². The predicted octanol–water partition coefficient (Wildman–Crippen LogP) is 5.92. The molecule has 0 bridgehead atoms. The van der Waals surface area contributed by atoms with E-state index in [1.807, 2.05) is 42.5 Å². The van der Waals surface area contributed by atoms with Gasteiger partial charge in [-0.05, 0) is 98.5 Å². The molecule has 4 aliphatic carbocycles. The maximum atomic E-state index is 13.9. The zero-order chi connectivity index (χ0) is 33.5. The molecule has 48 heavy (non-hydrogen) atoms. The molecular weight excluding hydrogens is 630 g/mol. The van der Waals surface area contributed by atoms with E-state index >= 15 is 0 Å². The quantitative estimate of drug-likeness (QED) is 0.130. The summed E-state index contributed by atoms with van der Waals surface area (Å²) < 4.78 is 5.27. The van der Waals surface area contributed by atoms with E-state index in [4.69, 9.17) is 16.3 Å². The molecule has 0 saturated heterocycles. The number of aromatic nitrogens is 1. The smallest absolute Gasteiger partial charge is 0.331 e. The minimum atomic E-state index is -1.23. The topological polar surface area (TPSA) is 144 Å². The number of fused-ring (bicyclic) bond motifs is 6. The van der Waals surface area contributed by atoms with Crippen molar-refractivity contribution in [3.05, 3.63) is 70.9 Å². The van der Waals surface area contributed by atoms with E-state index in [0.29, 0.717) is 42.8 Å². The molecule has 1 amide bonds. The number of carbonyl (C=O) groups excluding carboxylic acids is 2. The molecule has 3 aromatic rings. The number of hydrogen-bond acceptors (Lipinski definition) is 7. The van der Waals surface area contributed by atoms with Crippen LogP contribution in [0.2, 0.25) is 5.02 Å². The number of amides is 1. The molecule has 2 heterocycles. The molecule has 5 N–H and O–H groups in total. The number of H-pyrrole nitrogens is 1. The molecule has 8 atom stereocenters. The largest absolute Gasteiger partial charge is 0.458 e. The SMILES string of the molecule is CC12CC[C@H]3[C@@H](CCC4(O)C[C@H](O)CCC34C=NNC(=O)c3[nH]c4ccc(Cl)cc4c3-c3ccccc3)C1(O)CCC2C1=CC(=O)OC1. The number of ether oxygens (including phenoxy) is 1. The molecule has 10 heteroatoms. The minimum Gasteiger partial charge on any atom is -0.458 e. The highest BCUT2D eigenvalue weighted by molar-refractivity contribution is 6.31. The van der Waals surface area contributed by atoms with Crippen LogP contribution in [0.25, 0.3) is 22.0 Å². The lowest BCUT2D eigenvalue weighted by molar-refractivity contribution is -0.237. The van der Waals surface area contributed by atoms with Crippen molar-refractivity contribution in [1.82, 2.24) is 10.4 Å². The number of aliphatic hydroxyl groups excluding tert-OH is 1. The Morgan fingerprint density at radius 1 is 1.04 bits per heavy atom. The Labute approximate surface area is 284 Å². The Kier molecular flexibility index (Phi) is 7.45. The van der Waals surface area contributed by atoms with Gasteiger partial charge in [-0.3, -0.25) is 4.79 Å². The first-order valence-electron chi connectivity index (χ1n) is 17.2. The van der Waals surface area contributed by atoms with E-state index in [9.17, 15) is 24.9 Å². The number of rotatable bonds is 5. The third-order valence-corrected chi connectivity index (χ3v) is 13.4. The summed E-state index contributed by atoms with van der Waals surface area (Å²) in [5, 5.41) is 41.8. The monoisotopic (exact) mass is 671 g/mol. The van der Waals surface area contributed by atoms with Gasteiger partial charge in [0.2, 0.25) is 0 Å². The second-order valence-electron chi connectivity index (χ2n) is 15.1. The first kappa shape index (κ1) is 31.7. The summed E-state index contributed by atoms with van der Waals surface area (Å²) in [5.74, 6) is -0.897. The number of halogens is 1. The van der Waals surface area contributed by atoms with Gasteiger partial charge in [-0.15, -0.1) is 0 Å². The van der Waals surface area contributed by atoms with Crippen LogP contribution in [0.5, 0.6) is 0 Å². The normalized spacial score (nSPS) is 37.5. The summed E-state index contributed by atoms with van der Waals surface area (Å²) in [5.41, 5.74) is 2.95. The van der Waals surface area contributed by atoms with Gasteiger partial charge >= 0.3 is 5.97 Å². The molecular formula is C38H42ClN3O6. The van der Waals surface area contributed by atoms with Crippen molar-refractivity contribution in [3.63, 3.8) is 0 Å². The van der Waals surface area contributed by atoms with Crippen molar-refractivity contribution in [2.24, 2.45) is 33.7 Å². The molecule has 8 rings (SSSR count). The van der Waals surface area contributed by atoms with Crippen LogP contribution >= 0.6 is 11.6 Å². The molecule has 0 radical (unpaired) electrons. The lowest BCUT2D eigenvalue weighted by Crippen LogP contribution is -2.68. The first-order valence-corrected chi connectivity index (χ1v) is 17.6. The second-order valence-corrected chi connectivity index (χ2v) is 15.6. The van der Waals surface area contributed by atoms with E-state index in [-0.39, 0.29) is 36.8 Å². The summed E-state index contributed by atoms with van der Waals surface area (Å²) in [6, 6.07) is 15.1. The maximum Gasteiger partial charge on any atom is 0.331 e. The number of hydrazone groups is 1. The highest BCUT2D eigenvalue weighted by Gasteiger charge is 2.71. The number of benzene rings is 2. The number of carbonyl (C=O) groups is 2. The summed E-state index contributed by atoms with van der Waals surface area (Å²) in [6.45, 7) is 2.45. The van der Waals surface area contributed by atoms with E-state index in [1.54, 1.807) is 18.4 Å². The molecule has 9 nitrogen and oxygen atoms in total. The average molecular weight is 672 g/mol. The fourth-order valence-electron chi connectivity index (χ4n) is 10.9. The lowest BCUT2D eigenvalue weighted by Gasteiger charge is -2.65. The van der Waals surface area contributed by atoms with Gasteiger partial charge in [0, 0.05) is 51.0 Å². The third kappa shape index (κ3) is 4.57. The van der Waals surface area contributed by atoms with Crippen molar-refractivity contribution in [2.75, 3.05) is 6.61 Å². The Hall–Kier alpha value is -3.50. The third-order valence-electron chi connectivity index (χ3n) is 13.2. The van der Waals surface area contributed by atoms with Crippen molar-refractivity contribution in [1.29, 1.82) is 0 Å². The first-order chi connectivity index (χ1) is 23.0. The van der Waals surface area contributed by atoms with Gasteiger partial charge in [-0.1, -0.05) is 48.9 Å². The zero-order valence-corrected chi connectivity index (χ0v) is 27.8. The van der Waals surface area contributed by atoms with E-state index < -0.39 is 34.0 Å². The molecule has 1 aliphatic heterocycles. The highest BCUT2D eigenvalue weighted by Crippen LogP contribution is 2.70. The molecule has 0 spiro atoms. The van der Waals surface area contributed by atoms with E-state index in [1.165, 1.54) is 0 Å². The van der Waals surface area contributed by atoms with Crippen molar-refractivity contribution in [2.45, 2.75) is 82.0 Å². The van der Waals surface area contributed by atoms with Crippen molar-refractivity contribution >= 4 is 40.6 Å². The van der Waals surface area contributed by atoms with Gasteiger partial charge in [-0.2, -0.15) is 5.10 Å². The van der Waals surface area contributed by atoms with Crippen LogP contribution < -0.4 is 5.43 Å². The van der Waals surface area contributed by atoms with E-state index in [2.05, 4.69) is 22.4 Å². The predicted molar refractivity (Wildman–Crippen MR) is 182 cm³/mol. The molecule has 2 aromatic carbocycles. The van der Waals surface area contributed by atoms with Gasteiger partial charge in [0.25, 0.3) is 5.91 Å². The summed E-state index contributed by atoms with van der Waals surface area (Å²) in [4.78, 5) is 29.1. The fraction of sp³-hybridized carbons (Fsp3) is 0.500. The maximum absolute atomic E-state index is 13.9. The average Bonchev–Trinajstić information content (AvgIpc) is 3.74. The summed E-state index contributed by atoms with van der Waals surface area (Å²) in [7, 11) is 0. The van der Waals surface area contributed by atoms with Crippen molar-refractivity contribution < 1.29 is 29.6 Å². The standard InChI is InChI=1S/C38H42ClN3O6/c1-35-13-10-28-29(38(35,47)16-12-27(35)23-17-31(44)48-20-23)11-15-37(46)19-25(43)9-14-36(28,37)21-40-42-34(45)33-32(22-5-3-2-4-6-22)26-18-24(39)7-8-30(26)41-33/h2-8,17-18,21,25,27-29,41,43,46-47H,9-16,19-20H2,1H3,(H,42,45)/t25-,27?,28+,29-,35?,36?,37?,38?/m1/s1. The van der Waals surface area contributed by atoms with Crippen LogP contribution in [0.4, 0.5) is 0 Å². The van der Waals surface area contributed by atoms with Gasteiger partial charge in [-0.25, -0.2) is 10.2 Å². The van der Waals surface area contributed by atoms with Crippen LogP contribution in [0.3, 0.4) is 0 Å². The number of aliphatic hydroxyl groups is 3. The number of aromatic amines is 1. The summed E-state index contributed by atoms with van der Waals surface area (Å²) in [6.07, 6.45) is 7.83. The van der Waals surface area contributed by atoms with Crippen LogP contribution in [-0.4, -0.2) is 62.3 Å². The van der Waals surface area contributed by atoms with Crippen LogP contribution in [0.15, 0.2) is 65.3 Å². The fourth-order valence-corrected chi connectivity index (χ4v) is 11.0. The van der Waals surface area contributed by atoms with E-state index in [0.717, 1.165) is 46.9 Å². The minimum absolute atomic E-state index is 0.0535. The number of hydrogen-bond donors (Lipinski definition) is 5. The Balaban J connectivity index is 1.13. The van der Waals surface area contributed by atoms with Crippen LogP contribution in [-0.2, 0) is 9.53 Å². The Bertz CT molecular complexity index is 1860. The number of nitrogens with zero attached hydrogens (tertiary/aromatic N) is 1. The second kappa shape index (κ2) is 11.3. The number of nitrogens with one attached hydrogen (secondary N) is 2. The molecule has 1 aromatic heterocycles. The van der Waals surface area contributed by atoms with Crippen molar-refractivity contribution in [3.8, 4) is 11.1 Å². The van der Waals surface area contributed by atoms with Gasteiger partial charge < -0.3 is 25.0 Å². The lowest BCUT2D eigenvalue weighted by atomic mass is 9.41. The van der Waals surface area contributed by atoms with Gasteiger partial charge in [0.05, 0.1) is 17.3 Å². The highest BCUT2D eigenvalue weighted by atomic mass is 35.5. The van der Waals surface area contributed by atoms with Gasteiger partial charge in [0.15, 0.2) is 0 Å². The number of esters is 1. The summed E-state index contributed by atoms with van der Waals surface area (Å²) >= 11 is 6.36. The van der Waals surface area contributed by atoms with Gasteiger partial charge in [0.1, 0.15) is 12.3 Å². The molecule has 252 valence electrons. The zero-order valence-electron chi connectivity index (χ0n) is 27.0.